The first-order valence-corrected chi connectivity index (χ1v) is 8.35. The van der Waals surface area contributed by atoms with Gasteiger partial charge in [-0.1, -0.05) is 32.9 Å². The number of aryl methyl sites for hydroxylation is 2. The van der Waals surface area contributed by atoms with Crippen LogP contribution in [0, 0.1) is 6.92 Å². The van der Waals surface area contributed by atoms with Crippen LogP contribution in [0.4, 0.5) is 0 Å². The lowest BCUT2D eigenvalue weighted by Crippen LogP contribution is -2.12. The van der Waals surface area contributed by atoms with E-state index in [4.69, 9.17) is 9.84 Å². The van der Waals surface area contributed by atoms with E-state index >= 15 is 0 Å². The van der Waals surface area contributed by atoms with E-state index in [1.807, 2.05) is 19.1 Å². The number of unbranched alkanes of at least 4 members (excludes halogenated alkanes) is 1. The Morgan fingerprint density at radius 3 is 2.48 bits per heavy atom. The zero-order valence-corrected chi connectivity index (χ0v) is 14.8. The zero-order valence-electron chi connectivity index (χ0n) is 14.8. The smallest absolute Gasteiger partial charge is 0.305 e. The summed E-state index contributed by atoms with van der Waals surface area (Å²) in [4.78, 5) is 11.6. The molecule has 1 rings (SSSR count). The molecule has 0 unspecified atom stereocenters. The predicted octanol–water partition coefficient (Wildman–Crippen LogP) is 3.64. The third kappa shape index (κ3) is 6.61. The molecule has 23 heavy (non-hydrogen) atoms. The van der Waals surface area contributed by atoms with Crippen LogP contribution in [0.3, 0.4) is 0 Å². The molecule has 0 saturated carbocycles. The number of benzene rings is 1. The maximum Gasteiger partial charge on any atom is 0.305 e. The van der Waals surface area contributed by atoms with E-state index in [9.17, 15) is 9.90 Å². The molecule has 4 nitrogen and oxygen atoms in total. The molecule has 1 aromatic carbocycles. The minimum atomic E-state index is -0.217. The van der Waals surface area contributed by atoms with Gasteiger partial charge in [0.2, 0.25) is 0 Å². The van der Waals surface area contributed by atoms with Crippen molar-refractivity contribution in [3.05, 3.63) is 28.8 Å². The normalized spacial score (nSPS) is 11.5. The van der Waals surface area contributed by atoms with E-state index in [0.29, 0.717) is 44.5 Å². The summed E-state index contributed by atoms with van der Waals surface area (Å²) in [6.07, 6.45) is 3.00. The van der Waals surface area contributed by atoms with Crippen LogP contribution in [-0.4, -0.2) is 29.4 Å². The number of carbonyl (C=O) groups is 1. The molecule has 2 N–H and O–H groups in total. The van der Waals surface area contributed by atoms with Crippen LogP contribution in [0.25, 0.3) is 0 Å². The van der Waals surface area contributed by atoms with Crippen molar-refractivity contribution in [2.24, 2.45) is 0 Å². The van der Waals surface area contributed by atoms with Crippen LogP contribution >= 0.6 is 0 Å². The van der Waals surface area contributed by atoms with Crippen molar-refractivity contribution >= 4 is 5.97 Å². The van der Waals surface area contributed by atoms with E-state index in [0.717, 1.165) is 11.1 Å². The number of esters is 1. The molecule has 0 aromatic heterocycles. The Morgan fingerprint density at radius 1 is 1.17 bits per heavy atom. The van der Waals surface area contributed by atoms with Crippen molar-refractivity contribution in [2.75, 3.05) is 13.2 Å². The van der Waals surface area contributed by atoms with Gasteiger partial charge in [-0.15, -0.1) is 0 Å². The van der Waals surface area contributed by atoms with E-state index in [1.54, 1.807) is 0 Å². The lowest BCUT2D eigenvalue weighted by molar-refractivity contribution is -0.143. The quantitative estimate of drug-likeness (QED) is 0.566. The molecule has 0 aliphatic heterocycles. The number of hydrogen-bond acceptors (Lipinski definition) is 4. The van der Waals surface area contributed by atoms with Crippen molar-refractivity contribution in [2.45, 2.75) is 65.2 Å². The molecule has 0 bridgehead atoms. The second-order valence-electron chi connectivity index (χ2n) is 7.06. The number of rotatable bonds is 8. The number of phenolic OH excluding ortho intramolecular Hbond substituents is 1. The van der Waals surface area contributed by atoms with Gasteiger partial charge in [0.05, 0.1) is 6.61 Å². The maximum absolute atomic E-state index is 11.6. The van der Waals surface area contributed by atoms with Gasteiger partial charge < -0.3 is 14.9 Å². The molecule has 0 radical (unpaired) electrons. The molecule has 0 atom stereocenters. The van der Waals surface area contributed by atoms with E-state index < -0.39 is 0 Å². The number of aliphatic hydroxyl groups excluding tert-OH is 1. The monoisotopic (exact) mass is 322 g/mol. The van der Waals surface area contributed by atoms with Crippen molar-refractivity contribution in [3.63, 3.8) is 0 Å². The highest BCUT2D eigenvalue weighted by molar-refractivity contribution is 5.69. The second kappa shape index (κ2) is 8.92. The summed E-state index contributed by atoms with van der Waals surface area (Å²) in [7, 11) is 0. The van der Waals surface area contributed by atoms with Crippen LogP contribution in [0.5, 0.6) is 5.75 Å². The SMILES string of the molecule is Cc1cc(C(C)(C)C)cc(CCCC(=O)OCCCCO)c1O. The van der Waals surface area contributed by atoms with Gasteiger partial charge in [-0.25, -0.2) is 0 Å². The first-order chi connectivity index (χ1) is 10.8. The topological polar surface area (TPSA) is 66.8 Å². The molecule has 0 heterocycles. The Hall–Kier alpha value is -1.55. The van der Waals surface area contributed by atoms with E-state index in [2.05, 4.69) is 20.8 Å². The first-order valence-electron chi connectivity index (χ1n) is 8.35. The number of aromatic hydroxyl groups is 1. The number of ether oxygens (including phenoxy) is 1. The number of hydrogen-bond donors (Lipinski definition) is 2. The van der Waals surface area contributed by atoms with Gasteiger partial charge in [-0.3, -0.25) is 4.79 Å². The van der Waals surface area contributed by atoms with E-state index in [-0.39, 0.29) is 18.0 Å². The summed E-state index contributed by atoms with van der Waals surface area (Å²) in [6, 6.07) is 4.06. The van der Waals surface area contributed by atoms with Crippen LogP contribution in [0.1, 0.15) is 63.1 Å². The minimum absolute atomic E-state index is 0.0266. The number of phenols is 1. The largest absolute Gasteiger partial charge is 0.507 e. The van der Waals surface area contributed by atoms with Gasteiger partial charge in [-0.05, 0) is 54.7 Å². The first kappa shape index (κ1) is 19.5. The molecule has 4 heteroatoms. The van der Waals surface area contributed by atoms with Crippen LogP contribution in [0.15, 0.2) is 12.1 Å². The van der Waals surface area contributed by atoms with E-state index in [1.165, 1.54) is 5.56 Å². The van der Waals surface area contributed by atoms with Gasteiger partial charge in [0.1, 0.15) is 5.75 Å². The van der Waals surface area contributed by atoms with Gasteiger partial charge >= 0.3 is 5.97 Å². The van der Waals surface area contributed by atoms with Gasteiger partial charge in [0, 0.05) is 13.0 Å². The summed E-state index contributed by atoms with van der Waals surface area (Å²) < 4.78 is 5.10. The van der Waals surface area contributed by atoms with Crippen LogP contribution < -0.4 is 0 Å². The molecule has 0 aliphatic rings. The fraction of sp³-hybridized carbons (Fsp3) is 0.632. The Bertz CT molecular complexity index is 515. The third-order valence-electron chi connectivity index (χ3n) is 3.89. The highest BCUT2D eigenvalue weighted by Gasteiger charge is 2.17. The molecule has 0 fully saturated rings. The molecule has 0 spiro atoms. The lowest BCUT2D eigenvalue weighted by Gasteiger charge is -2.21. The molecule has 0 amide bonds. The summed E-state index contributed by atoms with van der Waals surface area (Å²) in [5.41, 5.74) is 2.98. The fourth-order valence-electron chi connectivity index (χ4n) is 2.37. The Kier molecular flexibility index (Phi) is 7.56. The molecular formula is C19H30O4. The van der Waals surface area contributed by atoms with Crippen molar-refractivity contribution < 1.29 is 19.7 Å². The summed E-state index contributed by atoms with van der Waals surface area (Å²) in [5.74, 6) is 0.112. The average molecular weight is 322 g/mol. The third-order valence-corrected chi connectivity index (χ3v) is 3.89. The zero-order chi connectivity index (χ0) is 17.5. The van der Waals surface area contributed by atoms with Crippen molar-refractivity contribution in [1.82, 2.24) is 0 Å². The fourth-order valence-corrected chi connectivity index (χ4v) is 2.37. The Labute approximate surface area is 139 Å². The van der Waals surface area contributed by atoms with Gasteiger partial charge in [-0.2, -0.15) is 0 Å². The molecule has 0 saturated heterocycles. The molecular weight excluding hydrogens is 292 g/mol. The Balaban J connectivity index is 2.54. The highest BCUT2D eigenvalue weighted by atomic mass is 16.5. The number of aliphatic hydroxyl groups is 1. The van der Waals surface area contributed by atoms with Crippen LogP contribution in [-0.2, 0) is 21.4 Å². The second-order valence-corrected chi connectivity index (χ2v) is 7.06. The average Bonchev–Trinajstić information content (AvgIpc) is 2.46. The molecule has 1 aromatic rings. The van der Waals surface area contributed by atoms with Gasteiger partial charge in [0.25, 0.3) is 0 Å². The summed E-state index contributed by atoms with van der Waals surface area (Å²) in [6.45, 7) is 8.83. The maximum atomic E-state index is 11.6. The van der Waals surface area contributed by atoms with Gasteiger partial charge in [0.15, 0.2) is 0 Å². The molecule has 0 aliphatic carbocycles. The molecule has 130 valence electrons. The Morgan fingerprint density at radius 2 is 1.87 bits per heavy atom. The standard InChI is InChI=1S/C19H30O4/c1-14-12-16(19(2,3)4)13-15(18(14)22)8-7-9-17(21)23-11-6-5-10-20/h12-13,20,22H,5-11H2,1-4H3. The van der Waals surface area contributed by atoms with Crippen molar-refractivity contribution in [3.8, 4) is 5.75 Å². The highest BCUT2D eigenvalue weighted by Crippen LogP contribution is 2.31. The van der Waals surface area contributed by atoms with Crippen molar-refractivity contribution in [1.29, 1.82) is 0 Å². The minimum Gasteiger partial charge on any atom is -0.507 e. The predicted molar refractivity (Wildman–Crippen MR) is 91.8 cm³/mol. The number of carbonyl (C=O) groups excluding carboxylic acids is 1. The van der Waals surface area contributed by atoms with Crippen LogP contribution in [0.2, 0.25) is 0 Å². The lowest BCUT2D eigenvalue weighted by atomic mass is 9.84. The summed E-state index contributed by atoms with van der Waals surface area (Å²) in [5, 5.41) is 18.9. The summed E-state index contributed by atoms with van der Waals surface area (Å²) >= 11 is 0.